The molecule has 0 fully saturated rings. The molecule has 1 heterocycles. The molecule has 0 radical (unpaired) electrons. The van der Waals surface area contributed by atoms with E-state index in [1.165, 1.54) is 0 Å². The number of nitrogens with one attached hydrogen (secondary N) is 1. The fourth-order valence-electron chi connectivity index (χ4n) is 0.881. The van der Waals surface area contributed by atoms with Gasteiger partial charge >= 0.3 is 13.7 Å². The van der Waals surface area contributed by atoms with Crippen LogP contribution in [0.4, 0.5) is 0 Å². The molecule has 0 saturated carbocycles. The second kappa shape index (κ2) is 4.26. The first-order chi connectivity index (χ1) is 6.95. The van der Waals surface area contributed by atoms with Gasteiger partial charge in [-0.3, -0.25) is 0 Å². The molecule has 0 saturated heterocycles. The zero-order valence-corrected chi connectivity index (χ0v) is 7.25. The Kier molecular flexibility index (Phi) is 2.60. The number of nitrogens with zero attached hydrogens (tertiary/aromatic N) is 3. The number of H-pyrrole nitrogens is 1. The van der Waals surface area contributed by atoms with Crippen molar-refractivity contribution in [3.8, 4) is 11.8 Å². The van der Waals surface area contributed by atoms with Gasteiger partial charge in [0.15, 0.2) is 0 Å². The lowest BCUT2D eigenvalue weighted by molar-refractivity contribution is 0.436. The van der Waals surface area contributed by atoms with Gasteiger partial charge in [0.1, 0.15) is 5.75 Å². The largest absolute Gasteiger partial charge is 0.578 e. The molecule has 0 aliphatic rings. The van der Waals surface area contributed by atoms with E-state index in [2.05, 4.69) is 20.6 Å². The number of rotatable bonds is 4. The predicted octanol–water partition coefficient (Wildman–Crippen LogP) is -0.0760. The molecule has 1 aromatic carbocycles. The van der Waals surface area contributed by atoms with Crippen LogP contribution >= 0.6 is 0 Å². The monoisotopic (exact) mass is 190 g/mol. The van der Waals surface area contributed by atoms with E-state index in [1.807, 2.05) is 30.3 Å². The maximum Gasteiger partial charge on any atom is 0.578 e. The average Bonchev–Trinajstić information content (AvgIpc) is 2.72. The molecule has 7 heteroatoms. The minimum atomic E-state index is 0.0591. The van der Waals surface area contributed by atoms with Gasteiger partial charge in [-0.1, -0.05) is 28.4 Å². The normalized spacial score (nSPS) is 9.43. The number of aromatic nitrogens is 4. The van der Waals surface area contributed by atoms with Gasteiger partial charge in [0.05, 0.1) is 0 Å². The third-order valence-corrected chi connectivity index (χ3v) is 1.48. The highest BCUT2D eigenvalue weighted by molar-refractivity contribution is 6.20. The Labute approximate surface area is 80.5 Å². The van der Waals surface area contributed by atoms with Gasteiger partial charge in [-0.05, 0) is 17.3 Å². The van der Waals surface area contributed by atoms with Crippen molar-refractivity contribution in [2.24, 2.45) is 0 Å². The van der Waals surface area contributed by atoms with Crippen molar-refractivity contribution in [2.75, 3.05) is 0 Å². The van der Waals surface area contributed by atoms with Crippen LogP contribution in [-0.2, 0) is 0 Å². The number of hydrogen-bond donors (Lipinski definition) is 1. The molecule has 0 aliphatic carbocycles. The first-order valence-corrected chi connectivity index (χ1v) is 3.99. The molecule has 0 atom stereocenters. The number of para-hydroxylation sites is 1. The third-order valence-electron chi connectivity index (χ3n) is 1.48. The molecule has 0 aliphatic heterocycles. The van der Waals surface area contributed by atoms with E-state index in [-0.39, 0.29) is 13.7 Å². The second-order valence-electron chi connectivity index (χ2n) is 2.41. The van der Waals surface area contributed by atoms with E-state index in [1.54, 1.807) is 0 Å². The summed E-state index contributed by atoms with van der Waals surface area (Å²) in [5.74, 6) is 0.732. The summed E-state index contributed by atoms with van der Waals surface area (Å²) in [4.78, 5) is 0. The Bertz CT molecular complexity index is 366. The van der Waals surface area contributed by atoms with Crippen molar-refractivity contribution in [1.82, 2.24) is 20.6 Å². The van der Waals surface area contributed by atoms with Crippen LogP contribution < -0.4 is 9.31 Å². The van der Waals surface area contributed by atoms with E-state index in [0.29, 0.717) is 0 Å². The van der Waals surface area contributed by atoms with Gasteiger partial charge < -0.3 is 9.31 Å². The lowest BCUT2D eigenvalue weighted by Gasteiger charge is -2.02. The van der Waals surface area contributed by atoms with Gasteiger partial charge in [0, 0.05) is 0 Å². The van der Waals surface area contributed by atoms with Crippen LogP contribution in [0.15, 0.2) is 30.3 Å². The Morgan fingerprint density at radius 3 is 2.71 bits per heavy atom. The molecule has 1 N–H and O–H groups in total. The minimum absolute atomic E-state index is 0.0591. The summed E-state index contributed by atoms with van der Waals surface area (Å²) >= 11 is 0. The molecular weight excluding hydrogens is 183 g/mol. The fraction of sp³-hybridized carbons (Fsp3) is 0. The van der Waals surface area contributed by atoms with Crippen molar-refractivity contribution in [3.05, 3.63) is 30.3 Å². The number of hydrogen-bond acceptors (Lipinski definition) is 5. The van der Waals surface area contributed by atoms with Crippen LogP contribution in [0.2, 0.25) is 0 Å². The Morgan fingerprint density at radius 1 is 1.14 bits per heavy atom. The summed E-state index contributed by atoms with van der Waals surface area (Å²) in [6.07, 6.45) is 0. The second-order valence-corrected chi connectivity index (χ2v) is 2.41. The zero-order valence-electron chi connectivity index (χ0n) is 7.25. The lowest BCUT2D eigenvalue weighted by atomic mass is 10.3. The van der Waals surface area contributed by atoms with Gasteiger partial charge in [-0.2, -0.15) is 5.21 Å². The summed E-state index contributed by atoms with van der Waals surface area (Å²) in [5.41, 5.74) is 0. The first kappa shape index (κ1) is 8.55. The lowest BCUT2D eigenvalue weighted by Crippen LogP contribution is -2.11. The van der Waals surface area contributed by atoms with Gasteiger partial charge in [0.25, 0.3) is 0 Å². The number of tetrazole rings is 1. The van der Waals surface area contributed by atoms with Crippen molar-refractivity contribution in [2.45, 2.75) is 0 Å². The highest BCUT2D eigenvalue weighted by Crippen LogP contribution is 2.07. The van der Waals surface area contributed by atoms with E-state index in [0.717, 1.165) is 5.75 Å². The third kappa shape index (κ3) is 2.22. The summed E-state index contributed by atoms with van der Waals surface area (Å²) in [6, 6.07) is 9.50. The summed E-state index contributed by atoms with van der Waals surface area (Å²) in [7, 11) is 0.0591. The van der Waals surface area contributed by atoms with Crippen molar-refractivity contribution >= 4 is 7.69 Å². The van der Waals surface area contributed by atoms with E-state index >= 15 is 0 Å². The van der Waals surface area contributed by atoms with Crippen LogP contribution in [-0.4, -0.2) is 28.3 Å². The summed E-state index contributed by atoms with van der Waals surface area (Å²) in [5, 5.41) is 12.8. The molecule has 0 bridgehead atoms. The highest BCUT2D eigenvalue weighted by Gasteiger charge is 2.01. The fourth-order valence-corrected chi connectivity index (χ4v) is 0.881. The average molecular weight is 190 g/mol. The Balaban J connectivity index is 1.79. The standard InChI is InChI=1S/C7H7BN4O2/c1-2-4-6(5-3-1)13-8-14-7-9-11-12-10-7/h1-5,8H,(H,9,10,11,12). The topological polar surface area (TPSA) is 72.9 Å². The smallest absolute Gasteiger partial charge is 0.528 e. The first-order valence-electron chi connectivity index (χ1n) is 3.99. The van der Waals surface area contributed by atoms with Crippen molar-refractivity contribution in [3.63, 3.8) is 0 Å². The maximum absolute atomic E-state index is 5.24. The molecule has 6 nitrogen and oxygen atoms in total. The number of benzene rings is 1. The van der Waals surface area contributed by atoms with Crippen LogP contribution in [0.3, 0.4) is 0 Å². The van der Waals surface area contributed by atoms with E-state index in [4.69, 9.17) is 9.31 Å². The van der Waals surface area contributed by atoms with Crippen LogP contribution in [0, 0.1) is 0 Å². The molecular formula is C7H7BN4O2. The van der Waals surface area contributed by atoms with Crippen molar-refractivity contribution in [1.29, 1.82) is 0 Å². The van der Waals surface area contributed by atoms with Crippen LogP contribution in [0.1, 0.15) is 0 Å². The minimum Gasteiger partial charge on any atom is -0.528 e. The molecule has 0 spiro atoms. The van der Waals surface area contributed by atoms with E-state index < -0.39 is 0 Å². The molecule has 0 unspecified atom stereocenters. The van der Waals surface area contributed by atoms with E-state index in [9.17, 15) is 0 Å². The summed E-state index contributed by atoms with van der Waals surface area (Å²) in [6.45, 7) is 0. The Hall–Kier alpha value is -2.05. The van der Waals surface area contributed by atoms with Gasteiger partial charge in [-0.25, -0.2) is 0 Å². The quantitative estimate of drug-likeness (QED) is 0.682. The highest BCUT2D eigenvalue weighted by atomic mass is 16.6. The summed E-state index contributed by atoms with van der Waals surface area (Å²) < 4.78 is 10.2. The number of aromatic amines is 1. The Morgan fingerprint density at radius 2 is 2.00 bits per heavy atom. The van der Waals surface area contributed by atoms with Gasteiger partial charge in [-0.15, -0.1) is 0 Å². The van der Waals surface area contributed by atoms with Crippen LogP contribution in [0.25, 0.3) is 0 Å². The molecule has 14 heavy (non-hydrogen) atoms. The zero-order chi connectivity index (χ0) is 9.64. The predicted molar refractivity (Wildman–Crippen MR) is 49.0 cm³/mol. The van der Waals surface area contributed by atoms with Crippen LogP contribution in [0.5, 0.6) is 11.8 Å². The molecule has 70 valence electrons. The molecule has 2 aromatic rings. The van der Waals surface area contributed by atoms with Gasteiger partial charge in [0.2, 0.25) is 0 Å². The molecule has 0 amide bonds. The SMILES string of the molecule is B(Oc1ccccc1)Oc1nn[nH]n1. The molecule has 2 rings (SSSR count). The molecule has 1 aromatic heterocycles. The maximum atomic E-state index is 5.24. The van der Waals surface area contributed by atoms with Crippen molar-refractivity contribution < 1.29 is 9.31 Å².